The molecule has 0 saturated heterocycles. The van der Waals surface area contributed by atoms with E-state index < -0.39 is 23.6 Å². The number of rotatable bonds is 2. The van der Waals surface area contributed by atoms with Gasteiger partial charge in [0.1, 0.15) is 11.4 Å². The van der Waals surface area contributed by atoms with E-state index in [0.717, 1.165) is 49.4 Å². The second-order valence-electron chi connectivity index (χ2n) is 7.99. The van der Waals surface area contributed by atoms with Crippen molar-refractivity contribution in [3.8, 4) is 17.0 Å². The van der Waals surface area contributed by atoms with Gasteiger partial charge in [-0.05, 0) is 43.5 Å². The Morgan fingerprint density at radius 1 is 1.17 bits per heavy atom. The van der Waals surface area contributed by atoms with Crippen molar-refractivity contribution in [3.63, 3.8) is 0 Å². The smallest absolute Gasteiger partial charge is 0.416 e. The summed E-state index contributed by atoms with van der Waals surface area (Å²) in [5, 5.41) is 32.8. The predicted octanol–water partition coefficient (Wildman–Crippen LogP) is 3.39. The number of aromatic nitrogens is 2. The Labute approximate surface area is 172 Å². The summed E-state index contributed by atoms with van der Waals surface area (Å²) in [5.41, 5.74) is 1.29. The molecule has 2 heterocycles. The highest BCUT2D eigenvalue weighted by Gasteiger charge is 2.34. The van der Waals surface area contributed by atoms with E-state index in [0.29, 0.717) is 30.7 Å². The molecule has 1 aliphatic heterocycles. The Bertz CT molecular complexity index is 935. The molecule has 2 aliphatic rings. The third kappa shape index (κ3) is 3.83. The minimum Gasteiger partial charge on any atom is -0.507 e. The number of hydrogen-bond donors (Lipinski definition) is 3. The topological polar surface area (TPSA) is 81.5 Å². The molecule has 9 heteroatoms. The van der Waals surface area contributed by atoms with Gasteiger partial charge in [0.15, 0.2) is 5.82 Å². The van der Waals surface area contributed by atoms with Gasteiger partial charge < -0.3 is 20.4 Å². The molecule has 0 spiro atoms. The lowest BCUT2D eigenvalue weighted by molar-refractivity contribution is -0.137. The first-order valence-electron chi connectivity index (χ1n) is 10.2. The summed E-state index contributed by atoms with van der Waals surface area (Å²) in [4.78, 5) is 2.11. The van der Waals surface area contributed by atoms with Crippen LogP contribution in [-0.4, -0.2) is 45.6 Å². The van der Waals surface area contributed by atoms with E-state index >= 15 is 0 Å². The van der Waals surface area contributed by atoms with Gasteiger partial charge in [0.2, 0.25) is 0 Å². The number of fused-ring (bicyclic) bond motifs is 1. The number of nitrogens with zero attached hydrogens (tertiary/aromatic N) is 3. The lowest BCUT2D eigenvalue weighted by Gasteiger charge is -2.38. The fourth-order valence-electron chi connectivity index (χ4n) is 4.45. The van der Waals surface area contributed by atoms with Gasteiger partial charge in [0.05, 0.1) is 17.7 Å². The van der Waals surface area contributed by atoms with Crippen LogP contribution in [0.5, 0.6) is 5.75 Å². The van der Waals surface area contributed by atoms with Crippen molar-refractivity contribution >= 4 is 5.82 Å². The number of phenolic OH excluding ortho intramolecular Hbond substituents is 1. The number of aliphatic hydroxyl groups is 1. The number of halogens is 3. The normalized spacial score (nSPS) is 22.5. The number of hydrogen-bond acceptors (Lipinski definition) is 6. The highest BCUT2D eigenvalue weighted by atomic mass is 19.4. The van der Waals surface area contributed by atoms with Crippen molar-refractivity contribution < 1.29 is 23.4 Å². The quantitative estimate of drug-likeness (QED) is 0.689. The van der Waals surface area contributed by atoms with Crippen LogP contribution in [0.2, 0.25) is 0 Å². The fourth-order valence-corrected chi connectivity index (χ4v) is 4.45. The van der Waals surface area contributed by atoms with Crippen molar-refractivity contribution in [2.24, 2.45) is 0 Å². The summed E-state index contributed by atoms with van der Waals surface area (Å²) < 4.78 is 38.8. The molecule has 6 nitrogen and oxygen atoms in total. The van der Waals surface area contributed by atoms with Crippen LogP contribution in [0.4, 0.5) is 19.0 Å². The van der Waals surface area contributed by atoms with Crippen LogP contribution in [0.25, 0.3) is 11.3 Å². The van der Waals surface area contributed by atoms with Gasteiger partial charge in [0.25, 0.3) is 0 Å². The Balaban J connectivity index is 1.75. The van der Waals surface area contributed by atoms with E-state index in [4.69, 9.17) is 0 Å². The molecular formula is C21H25F3N4O2. The molecular weight excluding hydrogens is 397 g/mol. The van der Waals surface area contributed by atoms with Crippen molar-refractivity contribution in [2.75, 3.05) is 18.0 Å². The zero-order valence-electron chi connectivity index (χ0n) is 16.7. The van der Waals surface area contributed by atoms with Gasteiger partial charge in [-0.2, -0.15) is 13.2 Å². The Hall–Kier alpha value is -2.39. The molecule has 162 valence electrons. The standard InChI is InChI=1S/C21H25F3N4O2/c1-12-15-11-25-8-9-28(16-4-2-3-5-17(16)29)20(15)27-26-19(12)14-7-6-13(10-18(14)30)21(22,23)24/h6-7,10,16-17,25,29-30H,2-5,8-9,11H2,1H3/t16-,17-/m1/s1. The summed E-state index contributed by atoms with van der Waals surface area (Å²) >= 11 is 0. The summed E-state index contributed by atoms with van der Waals surface area (Å²) in [6, 6.07) is 2.85. The van der Waals surface area contributed by atoms with E-state index in [2.05, 4.69) is 20.4 Å². The second-order valence-corrected chi connectivity index (χ2v) is 7.99. The van der Waals surface area contributed by atoms with Gasteiger partial charge in [-0.3, -0.25) is 0 Å². The van der Waals surface area contributed by atoms with Gasteiger partial charge >= 0.3 is 6.18 Å². The lowest BCUT2D eigenvalue weighted by atomic mass is 9.91. The van der Waals surface area contributed by atoms with E-state index in [9.17, 15) is 23.4 Å². The van der Waals surface area contributed by atoms with E-state index in [1.807, 2.05) is 6.92 Å². The van der Waals surface area contributed by atoms with E-state index in [1.54, 1.807) is 0 Å². The maximum atomic E-state index is 12.9. The molecule has 1 aliphatic carbocycles. The third-order valence-electron chi connectivity index (χ3n) is 6.10. The van der Waals surface area contributed by atoms with Gasteiger partial charge in [-0.1, -0.05) is 12.8 Å². The monoisotopic (exact) mass is 422 g/mol. The van der Waals surface area contributed by atoms with E-state index in [-0.39, 0.29) is 11.6 Å². The molecule has 0 amide bonds. The minimum absolute atomic E-state index is 0.0311. The van der Waals surface area contributed by atoms with Crippen molar-refractivity contribution in [1.82, 2.24) is 15.5 Å². The number of anilines is 1. The van der Waals surface area contributed by atoms with Crippen LogP contribution in [0.3, 0.4) is 0 Å². The average Bonchev–Trinajstić information content (AvgIpc) is 2.91. The van der Waals surface area contributed by atoms with Crippen LogP contribution in [-0.2, 0) is 12.7 Å². The molecule has 0 bridgehead atoms. The predicted molar refractivity (Wildman–Crippen MR) is 106 cm³/mol. The average molecular weight is 422 g/mol. The van der Waals surface area contributed by atoms with Crippen LogP contribution >= 0.6 is 0 Å². The van der Waals surface area contributed by atoms with Gasteiger partial charge in [0, 0.05) is 30.8 Å². The molecule has 0 radical (unpaired) electrons. The molecule has 1 aromatic heterocycles. The van der Waals surface area contributed by atoms with E-state index in [1.165, 1.54) is 6.07 Å². The van der Waals surface area contributed by atoms with Crippen LogP contribution in [0, 0.1) is 6.92 Å². The SMILES string of the molecule is Cc1c(-c2ccc(C(F)(F)F)cc2O)nnc2c1CNCCN2[C@@H]1CCCC[C@H]1O. The maximum Gasteiger partial charge on any atom is 0.416 e. The number of phenols is 1. The first-order valence-corrected chi connectivity index (χ1v) is 10.2. The molecule has 1 saturated carbocycles. The molecule has 30 heavy (non-hydrogen) atoms. The molecule has 1 fully saturated rings. The number of nitrogens with one attached hydrogen (secondary N) is 1. The number of benzene rings is 1. The summed E-state index contributed by atoms with van der Waals surface area (Å²) in [6.45, 7) is 3.78. The van der Waals surface area contributed by atoms with Crippen molar-refractivity contribution in [1.29, 1.82) is 0 Å². The second kappa shape index (κ2) is 8.03. The Morgan fingerprint density at radius 3 is 2.63 bits per heavy atom. The van der Waals surface area contributed by atoms with Crippen LogP contribution in [0.15, 0.2) is 18.2 Å². The van der Waals surface area contributed by atoms with Crippen molar-refractivity contribution in [2.45, 2.75) is 57.5 Å². The molecule has 2 aromatic rings. The number of aromatic hydroxyl groups is 1. The van der Waals surface area contributed by atoms with Crippen LogP contribution in [0.1, 0.15) is 42.4 Å². The third-order valence-corrected chi connectivity index (χ3v) is 6.10. The largest absolute Gasteiger partial charge is 0.507 e. The minimum atomic E-state index is -4.53. The Morgan fingerprint density at radius 2 is 1.93 bits per heavy atom. The molecule has 4 rings (SSSR count). The Kier molecular flexibility index (Phi) is 5.59. The van der Waals surface area contributed by atoms with Gasteiger partial charge in [-0.15, -0.1) is 10.2 Å². The maximum absolute atomic E-state index is 12.9. The molecule has 2 atom stereocenters. The summed E-state index contributed by atoms with van der Waals surface area (Å²) in [5.74, 6) is 0.210. The summed E-state index contributed by atoms with van der Waals surface area (Å²) in [6.07, 6.45) is -1.27. The highest BCUT2D eigenvalue weighted by Crippen LogP contribution is 2.39. The van der Waals surface area contributed by atoms with Crippen molar-refractivity contribution in [3.05, 3.63) is 34.9 Å². The first kappa shape index (κ1) is 20.9. The molecule has 0 unspecified atom stereocenters. The highest BCUT2D eigenvalue weighted by molar-refractivity contribution is 5.72. The number of aliphatic hydroxyl groups excluding tert-OH is 1. The molecule has 3 N–H and O–H groups in total. The number of alkyl halides is 3. The summed E-state index contributed by atoms with van der Waals surface area (Å²) in [7, 11) is 0. The first-order chi connectivity index (χ1) is 14.3. The van der Waals surface area contributed by atoms with Crippen LogP contribution < -0.4 is 10.2 Å². The fraction of sp³-hybridized carbons (Fsp3) is 0.524. The zero-order valence-corrected chi connectivity index (χ0v) is 16.7. The molecule has 1 aromatic carbocycles. The lowest BCUT2D eigenvalue weighted by Crippen LogP contribution is -2.47. The zero-order chi connectivity index (χ0) is 21.5. The van der Waals surface area contributed by atoms with Gasteiger partial charge in [-0.25, -0.2) is 0 Å².